The number of nitrogens with one attached hydrogen (secondary N) is 1. The smallest absolute Gasteiger partial charge is 0.273 e. The van der Waals surface area contributed by atoms with E-state index in [1.165, 1.54) is 15.1 Å². The molecule has 0 atom stereocenters. The lowest BCUT2D eigenvalue weighted by Gasteiger charge is -2.11. The second kappa shape index (κ2) is 8.12. The topological polar surface area (TPSA) is 71.3 Å². The lowest BCUT2D eigenvalue weighted by Crippen LogP contribution is -2.29. The summed E-state index contributed by atoms with van der Waals surface area (Å²) in [5.41, 5.74) is 2.32. The first kappa shape index (κ1) is 21.9. The van der Waals surface area contributed by atoms with Crippen LogP contribution in [0.1, 0.15) is 28.3 Å². The first-order valence-corrected chi connectivity index (χ1v) is 10.8. The molecule has 0 spiro atoms. The number of nitrogens with zero attached hydrogens (tertiary/aromatic N) is 5. The summed E-state index contributed by atoms with van der Waals surface area (Å²) in [5, 5.41) is 9.68. The van der Waals surface area contributed by atoms with Crippen LogP contribution in [0.2, 0.25) is 0 Å². The van der Waals surface area contributed by atoms with Gasteiger partial charge in [-0.05, 0) is 54.3 Å². The Morgan fingerprint density at radius 2 is 1.79 bits per heavy atom. The average Bonchev–Trinajstić information content (AvgIpc) is 3.37. The predicted octanol–water partition coefficient (Wildman–Crippen LogP) is 3.59. The van der Waals surface area contributed by atoms with Crippen molar-refractivity contribution in [2.75, 3.05) is 0 Å². The van der Waals surface area contributed by atoms with E-state index >= 15 is 0 Å². The van der Waals surface area contributed by atoms with Crippen LogP contribution in [0.15, 0.2) is 59.4 Å². The fraction of sp³-hybridized carbons (Fsp3) is 0.250. The van der Waals surface area contributed by atoms with Gasteiger partial charge < -0.3 is 0 Å². The number of fused-ring (bicyclic) bond motifs is 3. The second-order valence-electron chi connectivity index (χ2n) is 8.32. The van der Waals surface area contributed by atoms with Crippen molar-refractivity contribution < 1.29 is 18.2 Å². The van der Waals surface area contributed by atoms with Gasteiger partial charge in [-0.2, -0.15) is 18.3 Å². The fourth-order valence-corrected chi connectivity index (χ4v) is 4.24. The third-order valence-electron chi connectivity index (χ3n) is 5.82. The lowest BCUT2D eigenvalue weighted by molar-refractivity contribution is -0.358. The van der Waals surface area contributed by atoms with E-state index in [2.05, 4.69) is 15.2 Å². The highest BCUT2D eigenvalue weighted by atomic mass is 19.4. The molecule has 0 unspecified atom stereocenters. The van der Waals surface area contributed by atoms with Crippen LogP contribution >= 0.6 is 0 Å². The Morgan fingerprint density at radius 3 is 2.53 bits per heavy atom. The summed E-state index contributed by atoms with van der Waals surface area (Å²) < 4.78 is 44.2. The zero-order valence-electron chi connectivity index (χ0n) is 18.6. The number of hydrogen-bond donors (Lipinski definition) is 0. The van der Waals surface area contributed by atoms with Crippen LogP contribution in [0.3, 0.4) is 0 Å². The van der Waals surface area contributed by atoms with Crippen LogP contribution in [0.4, 0.5) is 13.2 Å². The van der Waals surface area contributed by atoms with Gasteiger partial charge >= 0.3 is 11.9 Å². The van der Waals surface area contributed by atoms with Crippen LogP contribution in [0.25, 0.3) is 16.6 Å². The molecule has 2 aromatic carbocycles. The van der Waals surface area contributed by atoms with Crippen LogP contribution < -0.4 is 10.7 Å². The van der Waals surface area contributed by atoms with Crippen molar-refractivity contribution in [1.82, 2.24) is 24.0 Å². The zero-order valence-corrected chi connectivity index (χ0v) is 18.6. The number of H-pyrrole nitrogens is 1. The Morgan fingerprint density at radius 1 is 1.00 bits per heavy atom. The molecule has 0 aliphatic heterocycles. The fourth-order valence-electron chi connectivity index (χ4n) is 4.24. The lowest BCUT2D eigenvalue weighted by atomic mass is 10.1. The van der Waals surface area contributed by atoms with Crippen molar-refractivity contribution in [3.8, 4) is 0 Å². The first-order valence-electron chi connectivity index (χ1n) is 10.8. The standard InChI is InChI=1S/C24H21F3N6O/c1-15-12-16(2)32(29-15)11-10-21-28-22-19-8-3-4-9-20(19)31(23(34)33(22)30-21)14-17-6-5-7-18(13-17)24(25,26)27/h3-9,12-13H,10-11,14H2,1-2H3/p+1. The SMILES string of the molecule is Cc1cc(C)n(CCc2nn3c(=O)n(Cc4cccc(C(F)(F)F)c4)c4ccccc4c3[nH+]2)n1. The largest absolute Gasteiger partial charge is 0.423 e. The zero-order chi connectivity index (χ0) is 24.0. The molecule has 0 amide bonds. The van der Waals surface area contributed by atoms with Crippen LogP contribution in [0, 0.1) is 13.8 Å². The number of halogens is 3. The average molecular weight is 467 g/mol. The molecule has 0 radical (unpaired) electrons. The van der Waals surface area contributed by atoms with Gasteiger partial charge in [-0.25, -0.2) is 9.78 Å². The number of aromatic nitrogens is 6. The third kappa shape index (κ3) is 3.95. The van der Waals surface area contributed by atoms with Gasteiger partial charge in [0.2, 0.25) is 0 Å². The predicted molar refractivity (Wildman–Crippen MR) is 119 cm³/mol. The molecule has 7 nitrogen and oxygen atoms in total. The molecule has 5 aromatic rings. The van der Waals surface area contributed by atoms with Gasteiger partial charge in [0.05, 0.1) is 46.8 Å². The third-order valence-corrected chi connectivity index (χ3v) is 5.82. The number of aromatic amines is 1. The number of benzene rings is 2. The van der Waals surface area contributed by atoms with E-state index < -0.39 is 17.4 Å². The Hall–Kier alpha value is -3.95. The summed E-state index contributed by atoms with van der Waals surface area (Å²) in [4.78, 5) is 16.6. The summed E-state index contributed by atoms with van der Waals surface area (Å²) in [6.45, 7) is 4.49. The normalized spacial score (nSPS) is 12.1. The van der Waals surface area contributed by atoms with Gasteiger partial charge in [0.15, 0.2) is 0 Å². The van der Waals surface area contributed by atoms with Crippen LogP contribution in [0.5, 0.6) is 0 Å². The molecule has 0 aliphatic carbocycles. The maximum atomic E-state index is 13.4. The second-order valence-corrected chi connectivity index (χ2v) is 8.32. The van der Waals surface area contributed by atoms with Crippen LogP contribution in [-0.2, 0) is 25.7 Å². The monoisotopic (exact) mass is 467 g/mol. The van der Waals surface area contributed by atoms with Gasteiger partial charge in [-0.15, -0.1) is 0 Å². The number of aryl methyl sites for hydroxylation is 4. The Balaban J connectivity index is 1.57. The molecule has 5 rings (SSSR count). The highest BCUT2D eigenvalue weighted by molar-refractivity contribution is 5.89. The minimum atomic E-state index is -4.45. The molecule has 0 saturated heterocycles. The van der Waals surface area contributed by atoms with Gasteiger partial charge in [0.25, 0.3) is 11.5 Å². The molecule has 1 N–H and O–H groups in total. The highest BCUT2D eigenvalue weighted by Gasteiger charge is 2.30. The van der Waals surface area contributed by atoms with Gasteiger partial charge in [0.1, 0.15) is 0 Å². The Kier molecular flexibility index (Phi) is 5.22. The molecular weight excluding hydrogens is 445 g/mol. The van der Waals surface area contributed by atoms with Gasteiger partial charge in [-0.3, -0.25) is 9.25 Å². The van der Waals surface area contributed by atoms with E-state index in [0.717, 1.165) is 28.9 Å². The summed E-state index contributed by atoms with van der Waals surface area (Å²) in [6.07, 6.45) is -3.92. The summed E-state index contributed by atoms with van der Waals surface area (Å²) in [7, 11) is 0. The summed E-state index contributed by atoms with van der Waals surface area (Å²) >= 11 is 0. The van der Waals surface area contributed by atoms with Crippen molar-refractivity contribution >= 4 is 16.6 Å². The van der Waals surface area contributed by atoms with Gasteiger partial charge in [-0.1, -0.05) is 24.3 Å². The Bertz CT molecular complexity index is 1580. The first-order chi connectivity index (χ1) is 16.2. The molecule has 0 aliphatic rings. The maximum absolute atomic E-state index is 13.4. The van der Waals surface area contributed by atoms with E-state index in [0.29, 0.717) is 35.5 Å². The highest BCUT2D eigenvalue weighted by Crippen LogP contribution is 2.29. The van der Waals surface area contributed by atoms with Crippen molar-refractivity contribution in [3.63, 3.8) is 0 Å². The van der Waals surface area contributed by atoms with E-state index in [4.69, 9.17) is 0 Å². The maximum Gasteiger partial charge on any atom is 0.423 e. The van der Waals surface area contributed by atoms with Crippen molar-refractivity contribution in [2.45, 2.75) is 39.5 Å². The summed E-state index contributed by atoms with van der Waals surface area (Å²) in [5.74, 6) is 0.617. The molecule has 0 fully saturated rings. The van der Waals surface area contributed by atoms with E-state index in [-0.39, 0.29) is 6.54 Å². The molecule has 3 aromatic heterocycles. The molecule has 0 saturated carbocycles. The number of hydrogen-bond acceptors (Lipinski definition) is 3. The van der Waals surface area contributed by atoms with Gasteiger partial charge in [0, 0.05) is 5.69 Å². The molecule has 34 heavy (non-hydrogen) atoms. The van der Waals surface area contributed by atoms with Crippen molar-refractivity contribution in [3.05, 3.63) is 93.4 Å². The number of para-hydroxylation sites is 1. The quantitative estimate of drug-likeness (QED) is 0.397. The molecule has 3 heterocycles. The number of alkyl halides is 3. The molecule has 0 bridgehead atoms. The summed E-state index contributed by atoms with van der Waals surface area (Å²) in [6, 6.07) is 14.3. The number of rotatable bonds is 5. The van der Waals surface area contributed by atoms with E-state index in [1.807, 2.05) is 36.7 Å². The molecule has 10 heteroatoms. The molecular formula is C24H22F3N6O+. The minimum Gasteiger partial charge on any atom is -0.273 e. The van der Waals surface area contributed by atoms with E-state index in [9.17, 15) is 18.0 Å². The minimum absolute atomic E-state index is 0.0137. The molecule has 174 valence electrons. The van der Waals surface area contributed by atoms with Crippen LogP contribution in [-0.4, -0.2) is 24.0 Å². The van der Waals surface area contributed by atoms with Crippen molar-refractivity contribution in [1.29, 1.82) is 0 Å². The van der Waals surface area contributed by atoms with E-state index in [1.54, 1.807) is 18.2 Å². The van der Waals surface area contributed by atoms with Crippen molar-refractivity contribution in [2.24, 2.45) is 0 Å². The Labute approximate surface area is 192 Å².